The quantitative estimate of drug-likeness (QED) is 0.755. The number of hydrogen-bond acceptors (Lipinski definition) is 2. The lowest BCUT2D eigenvalue weighted by Gasteiger charge is -2.12. The van der Waals surface area contributed by atoms with Crippen LogP contribution in [0.4, 0.5) is 0 Å². The molecule has 1 aromatic carbocycles. The van der Waals surface area contributed by atoms with Crippen molar-refractivity contribution in [2.75, 3.05) is 0 Å². The number of fused-ring (bicyclic) bond motifs is 1. The molecule has 2 rings (SSSR count). The van der Waals surface area contributed by atoms with Crippen LogP contribution in [-0.4, -0.2) is 10.9 Å². The molecule has 0 amide bonds. The number of aliphatic hydroxyl groups is 1. The van der Waals surface area contributed by atoms with E-state index in [1.165, 1.54) is 6.08 Å². The third-order valence-corrected chi connectivity index (χ3v) is 2.50. The number of allylic oxidation sites excluding steroid dienone is 1. The van der Waals surface area contributed by atoms with E-state index in [4.69, 9.17) is 0 Å². The van der Waals surface area contributed by atoms with E-state index in [1.54, 1.807) is 6.07 Å². The Morgan fingerprint density at radius 2 is 2.15 bits per heavy atom. The van der Waals surface area contributed by atoms with Crippen LogP contribution < -0.4 is 0 Å². The lowest BCUT2D eigenvalue weighted by Crippen LogP contribution is -2.08. The molecule has 0 saturated carbocycles. The first kappa shape index (κ1) is 8.51. The van der Waals surface area contributed by atoms with Gasteiger partial charge < -0.3 is 5.11 Å². The van der Waals surface area contributed by atoms with Crippen molar-refractivity contribution < 1.29 is 9.90 Å². The maximum absolute atomic E-state index is 11.1. The van der Waals surface area contributed by atoms with Gasteiger partial charge in [-0.15, -0.1) is 0 Å². The summed E-state index contributed by atoms with van der Waals surface area (Å²) in [6.45, 7) is 0. The van der Waals surface area contributed by atoms with Crippen molar-refractivity contribution in [3.8, 4) is 0 Å². The Labute approximate surface area is 84.0 Å². The molecular formula is C10H7BrO2. The van der Waals surface area contributed by atoms with E-state index in [0.717, 1.165) is 15.6 Å². The minimum Gasteiger partial charge on any atom is -0.507 e. The highest BCUT2D eigenvalue weighted by Crippen LogP contribution is 2.25. The van der Waals surface area contributed by atoms with Crippen molar-refractivity contribution in [3.63, 3.8) is 0 Å². The molecule has 0 aromatic heterocycles. The standard InChI is InChI=1S/C10H7BrO2/c11-7-1-2-9-6(3-7)4-8(12)5-10(9)13/h1-3,5,13H,4H2. The van der Waals surface area contributed by atoms with Gasteiger partial charge in [0.25, 0.3) is 0 Å². The zero-order chi connectivity index (χ0) is 9.42. The Kier molecular flexibility index (Phi) is 1.96. The van der Waals surface area contributed by atoms with Crippen molar-refractivity contribution in [2.45, 2.75) is 6.42 Å². The van der Waals surface area contributed by atoms with E-state index >= 15 is 0 Å². The predicted molar refractivity (Wildman–Crippen MR) is 53.5 cm³/mol. The summed E-state index contributed by atoms with van der Waals surface area (Å²) in [5, 5.41) is 9.45. The Hall–Kier alpha value is -1.09. The van der Waals surface area contributed by atoms with Gasteiger partial charge in [0.05, 0.1) is 0 Å². The molecule has 2 nitrogen and oxygen atoms in total. The fraction of sp³-hybridized carbons (Fsp3) is 0.100. The molecule has 0 atom stereocenters. The van der Waals surface area contributed by atoms with Crippen LogP contribution in [0.15, 0.2) is 28.7 Å². The fourth-order valence-corrected chi connectivity index (χ4v) is 1.84. The summed E-state index contributed by atoms with van der Waals surface area (Å²) in [6, 6.07) is 5.51. The average Bonchev–Trinajstić information content (AvgIpc) is 2.02. The third kappa shape index (κ3) is 1.52. The Morgan fingerprint density at radius 1 is 1.38 bits per heavy atom. The molecule has 0 radical (unpaired) electrons. The van der Waals surface area contributed by atoms with Crippen LogP contribution in [0.5, 0.6) is 0 Å². The number of rotatable bonds is 0. The topological polar surface area (TPSA) is 37.3 Å². The molecule has 0 saturated heterocycles. The summed E-state index contributed by atoms with van der Waals surface area (Å²) < 4.78 is 0.925. The van der Waals surface area contributed by atoms with Gasteiger partial charge in [-0.05, 0) is 23.8 Å². The van der Waals surface area contributed by atoms with Gasteiger partial charge in [0.15, 0.2) is 5.78 Å². The lowest BCUT2D eigenvalue weighted by atomic mass is 9.95. The monoisotopic (exact) mass is 238 g/mol. The van der Waals surface area contributed by atoms with E-state index in [2.05, 4.69) is 15.9 Å². The first-order valence-corrected chi connectivity index (χ1v) is 4.68. The van der Waals surface area contributed by atoms with Crippen LogP contribution in [0.25, 0.3) is 5.76 Å². The van der Waals surface area contributed by atoms with Gasteiger partial charge >= 0.3 is 0 Å². The van der Waals surface area contributed by atoms with Gasteiger partial charge in [0, 0.05) is 22.5 Å². The van der Waals surface area contributed by atoms with Crippen LogP contribution in [-0.2, 0) is 11.2 Å². The third-order valence-electron chi connectivity index (χ3n) is 2.01. The molecule has 0 spiro atoms. The van der Waals surface area contributed by atoms with Crippen molar-refractivity contribution in [3.05, 3.63) is 39.9 Å². The second kappa shape index (κ2) is 3.00. The van der Waals surface area contributed by atoms with Gasteiger partial charge in [-0.2, -0.15) is 0 Å². The van der Waals surface area contributed by atoms with Crippen molar-refractivity contribution in [1.82, 2.24) is 0 Å². The number of hydrogen-bond donors (Lipinski definition) is 1. The number of ketones is 1. The van der Waals surface area contributed by atoms with Crippen LogP contribution in [0.2, 0.25) is 0 Å². The normalized spacial score (nSPS) is 15.2. The summed E-state index contributed by atoms with van der Waals surface area (Å²) in [4.78, 5) is 11.1. The van der Waals surface area contributed by atoms with E-state index in [9.17, 15) is 9.90 Å². The molecule has 13 heavy (non-hydrogen) atoms. The Bertz CT molecular complexity index is 407. The molecule has 1 aromatic rings. The predicted octanol–water partition coefficient (Wildman–Crippen LogP) is 2.47. The van der Waals surface area contributed by atoms with Gasteiger partial charge in [-0.1, -0.05) is 15.9 Å². The van der Waals surface area contributed by atoms with Gasteiger partial charge in [0.1, 0.15) is 5.76 Å². The molecule has 0 heterocycles. The summed E-state index contributed by atoms with van der Waals surface area (Å²) in [6.07, 6.45) is 1.65. The number of halogens is 1. The first-order chi connectivity index (χ1) is 6.16. The molecule has 3 heteroatoms. The van der Waals surface area contributed by atoms with Gasteiger partial charge in [0.2, 0.25) is 0 Å². The highest BCUT2D eigenvalue weighted by atomic mass is 79.9. The van der Waals surface area contributed by atoms with Crippen molar-refractivity contribution in [1.29, 1.82) is 0 Å². The van der Waals surface area contributed by atoms with Gasteiger partial charge in [-0.25, -0.2) is 0 Å². The summed E-state index contributed by atoms with van der Waals surface area (Å²) in [5.41, 5.74) is 1.63. The van der Waals surface area contributed by atoms with Crippen molar-refractivity contribution in [2.24, 2.45) is 0 Å². The van der Waals surface area contributed by atoms with Crippen LogP contribution in [0, 0.1) is 0 Å². The smallest absolute Gasteiger partial charge is 0.163 e. The minimum atomic E-state index is -0.0527. The molecule has 0 bridgehead atoms. The van der Waals surface area contributed by atoms with Gasteiger partial charge in [-0.3, -0.25) is 4.79 Å². The summed E-state index contributed by atoms with van der Waals surface area (Å²) in [5.74, 6) is 0.0156. The lowest BCUT2D eigenvalue weighted by molar-refractivity contribution is -0.114. The van der Waals surface area contributed by atoms with E-state index in [-0.39, 0.29) is 11.5 Å². The zero-order valence-corrected chi connectivity index (χ0v) is 8.34. The van der Waals surface area contributed by atoms with Crippen LogP contribution >= 0.6 is 15.9 Å². The highest BCUT2D eigenvalue weighted by Gasteiger charge is 2.16. The second-order valence-electron chi connectivity index (χ2n) is 2.97. The maximum atomic E-state index is 11.1. The van der Waals surface area contributed by atoms with E-state index < -0.39 is 0 Å². The zero-order valence-electron chi connectivity index (χ0n) is 6.75. The largest absolute Gasteiger partial charge is 0.507 e. The number of carbonyl (C=O) groups is 1. The van der Waals surface area contributed by atoms with Crippen molar-refractivity contribution >= 4 is 27.5 Å². The van der Waals surface area contributed by atoms with Crippen LogP contribution in [0.1, 0.15) is 11.1 Å². The number of carbonyl (C=O) groups excluding carboxylic acids is 1. The molecule has 0 fully saturated rings. The van der Waals surface area contributed by atoms with E-state index in [1.807, 2.05) is 12.1 Å². The number of aliphatic hydroxyl groups excluding tert-OH is 1. The summed E-state index contributed by atoms with van der Waals surface area (Å²) >= 11 is 3.32. The highest BCUT2D eigenvalue weighted by molar-refractivity contribution is 9.10. The summed E-state index contributed by atoms with van der Waals surface area (Å²) in [7, 11) is 0. The van der Waals surface area contributed by atoms with E-state index in [0.29, 0.717) is 6.42 Å². The minimum absolute atomic E-state index is 0.0527. The maximum Gasteiger partial charge on any atom is 0.163 e. The molecule has 1 aliphatic rings. The molecular weight excluding hydrogens is 232 g/mol. The molecule has 1 N–H and O–H groups in total. The molecule has 1 aliphatic carbocycles. The fourth-order valence-electron chi connectivity index (χ4n) is 1.43. The first-order valence-electron chi connectivity index (χ1n) is 3.89. The molecule has 0 unspecified atom stereocenters. The second-order valence-corrected chi connectivity index (χ2v) is 3.89. The average molecular weight is 239 g/mol. The Balaban J connectivity index is 2.60. The SMILES string of the molecule is O=C1C=C(O)c2ccc(Br)cc2C1. The molecule has 0 aliphatic heterocycles. The Morgan fingerprint density at radius 3 is 2.92 bits per heavy atom. The number of benzene rings is 1. The van der Waals surface area contributed by atoms with Crippen LogP contribution in [0.3, 0.4) is 0 Å². The molecule has 66 valence electrons.